The van der Waals surface area contributed by atoms with Gasteiger partial charge in [0.1, 0.15) is 0 Å². The maximum atomic E-state index is 5.99. The summed E-state index contributed by atoms with van der Waals surface area (Å²) in [5.74, 6) is 0.986. The lowest BCUT2D eigenvalue weighted by Crippen LogP contribution is -2.34. The summed E-state index contributed by atoms with van der Waals surface area (Å²) >= 11 is 7.69. The fourth-order valence-electron chi connectivity index (χ4n) is 3.02. The summed E-state index contributed by atoms with van der Waals surface area (Å²) in [7, 11) is 0. The predicted molar refractivity (Wildman–Crippen MR) is 81.5 cm³/mol. The standard InChI is InChI=1S/C15H24ClNS/c1-3-4-12-5-7-13(8-6-12)17-11(2)14-9-10-15(16)18-14/h9-13,17H,3-8H2,1-2H3. The van der Waals surface area contributed by atoms with E-state index in [9.17, 15) is 0 Å². The van der Waals surface area contributed by atoms with Crippen molar-refractivity contribution >= 4 is 22.9 Å². The van der Waals surface area contributed by atoms with E-state index in [1.165, 1.54) is 43.4 Å². The fraction of sp³-hybridized carbons (Fsp3) is 0.733. The molecule has 1 atom stereocenters. The molecule has 1 nitrogen and oxygen atoms in total. The Morgan fingerprint density at radius 1 is 1.33 bits per heavy atom. The van der Waals surface area contributed by atoms with Crippen LogP contribution in [0.5, 0.6) is 0 Å². The zero-order valence-corrected chi connectivity index (χ0v) is 13.0. The van der Waals surface area contributed by atoms with Crippen molar-refractivity contribution in [3.05, 3.63) is 21.3 Å². The van der Waals surface area contributed by atoms with Crippen LogP contribution in [-0.4, -0.2) is 6.04 Å². The van der Waals surface area contributed by atoms with Gasteiger partial charge in [-0.15, -0.1) is 11.3 Å². The van der Waals surface area contributed by atoms with Crippen LogP contribution in [-0.2, 0) is 0 Å². The summed E-state index contributed by atoms with van der Waals surface area (Å²) in [5.41, 5.74) is 0. The predicted octanol–water partition coefficient (Wildman–Crippen LogP) is 5.41. The second-order valence-electron chi connectivity index (χ2n) is 5.54. The molecule has 18 heavy (non-hydrogen) atoms. The molecule has 1 heterocycles. The van der Waals surface area contributed by atoms with Crippen molar-refractivity contribution in [1.82, 2.24) is 5.32 Å². The zero-order chi connectivity index (χ0) is 13.0. The van der Waals surface area contributed by atoms with Gasteiger partial charge in [0.05, 0.1) is 4.34 Å². The molecule has 0 bridgehead atoms. The summed E-state index contributed by atoms with van der Waals surface area (Å²) in [6, 6.07) is 5.29. The fourth-order valence-corrected chi connectivity index (χ4v) is 4.10. The Labute approximate surface area is 120 Å². The van der Waals surface area contributed by atoms with Crippen molar-refractivity contribution in [3.8, 4) is 0 Å². The zero-order valence-electron chi connectivity index (χ0n) is 11.4. The molecule has 1 aromatic heterocycles. The maximum Gasteiger partial charge on any atom is 0.0931 e. The molecule has 3 heteroatoms. The van der Waals surface area contributed by atoms with Gasteiger partial charge in [0.15, 0.2) is 0 Å². The summed E-state index contributed by atoms with van der Waals surface area (Å²) in [6.45, 7) is 4.55. The molecule has 1 aromatic rings. The van der Waals surface area contributed by atoms with E-state index in [0.29, 0.717) is 12.1 Å². The second kappa shape index (κ2) is 6.93. The molecule has 2 rings (SSSR count). The highest BCUT2D eigenvalue weighted by molar-refractivity contribution is 7.16. The highest BCUT2D eigenvalue weighted by Crippen LogP contribution is 2.31. The summed E-state index contributed by atoms with van der Waals surface area (Å²) in [6.07, 6.45) is 8.25. The van der Waals surface area contributed by atoms with Crippen molar-refractivity contribution in [2.45, 2.75) is 64.5 Å². The smallest absolute Gasteiger partial charge is 0.0931 e. The number of thiophene rings is 1. The van der Waals surface area contributed by atoms with Crippen molar-refractivity contribution in [2.75, 3.05) is 0 Å². The highest BCUT2D eigenvalue weighted by atomic mass is 35.5. The van der Waals surface area contributed by atoms with Gasteiger partial charge < -0.3 is 5.32 Å². The molecule has 1 unspecified atom stereocenters. The van der Waals surface area contributed by atoms with Crippen LogP contribution in [0.2, 0.25) is 4.34 Å². The molecule has 1 fully saturated rings. The lowest BCUT2D eigenvalue weighted by atomic mass is 9.83. The molecule has 0 amide bonds. The van der Waals surface area contributed by atoms with Gasteiger partial charge in [0.25, 0.3) is 0 Å². The molecule has 1 saturated carbocycles. The molecule has 1 aliphatic rings. The van der Waals surface area contributed by atoms with Gasteiger partial charge in [-0.05, 0) is 50.7 Å². The number of rotatable bonds is 5. The first-order chi connectivity index (χ1) is 8.69. The van der Waals surface area contributed by atoms with Gasteiger partial charge in [-0.2, -0.15) is 0 Å². The minimum Gasteiger partial charge on any atom is -0.307 e. The monoisotopic (exact) mass is 285 g/mol. The van der Waals surface area contributed by atoms with Crippen LogP contribution in [0.4, 0.5) is 0 Å². The largest absolute Gasteiger partial charge is 0.307 e. The second-order valence-corrected chi connectivity index (χ2v) is 7.28. The topological polar surface area (TPSA) is 12.0 Å². The first-order valence-electron chi connectivity index (χ1n) is 7.20. The SMILES string of the molecule is CCCC1CCC(NC(C)c2ccc(Cl)s2)CC1. The van der Waals surface area contributed by atoms with E-state index in [4.69, 9.17) is 11.6 Å². The third kappa shape index (κ3) is 3.97. The van der Waals surface area contributed by atoms with Gasteiger partial charge in [-0.1, -0.05) is 31.4 Å². The van der Waals surface area contributed by atoms with Gasteiger partial charge in [-0.25, -0.2) is 0 Å². The summed E-state index contributed by atoms with van der Waals surface area (Å²) in [4.78, 5) is 1.36. The third-order valence-corrected chi connectivity index (χ3v) is 5.46. The van der Waals surface area contributed by atoms with Crippen LogP contribution in [0.15, 0.2) is 12.1 Å². The Balaban J connectivity index is 1.77. The first-order valence-corrected chi connectivity index (χ1v) is 8.39. The quantitative estimate of drug-likeness (QED) is 0.762. The van der Waals surface area contributed by atoms with Crippen LogP contribution in [0.25, 0.3) is 0 Å². The van der Waals surface area contributed by atoms with Gasteiger partial charge in [0, 0.05) is 17.0 Å². The number of halogens is 1. The van der Waals surface area contributed by atoms with E-state index in [1.807, 2.05) is 6.07 Å². The van der Waals surface area contributed by atoms with Crippen LogP contribution in [0.3, 0.4) is 0 Å². The van der Waals surface area contributed by atoms with Crippen molar-refractivity contribution in [3.63, 3.8) is 0 Å². The minimum absolute atomic E-state index is 0.440. The Morgan fingerprint density at radius 3 is 2.61 bits per heavy atom. The lowest BCUT2D eigenvalue weighted by molar-refractivity contribution is 0.267. The van der Waals surface area contributed by atoms with E-state index in [0.717, 1.165) is 10.3 Å². The average Bonchev–Trinajstić information content (AvgIpc) is 2.79. The maximum absolute atomic E-state index is 5.99. The number of hydrogen-bond donors (Lipinski definition) is 1. The minimum atomic E-state index is 0.440. The van der Waals surface area contributed by atoms with Crippen molar-refractivity contribution < 1.29 is 0 Å². The van der Waals surface area contributed by atoms with Gasteiger partial charge >= 0.3 is 0 Å². The molecule has 0 aliphatic heterocycles. The van der Waals surface area contributed by atoms with Crippen molar-refractivity contribution in [2.24, 2.45) is 5.92 Å². The van der Waals surface area contributed by atoms with Crippen LogP contribution in [0, 0.1) is 5.92 Å². The summed E-state index contributed by atoms with van der Waals surface area (Å²) < 4.78 is 0.894. The first kappa shape index (κ1) is 14.4. The van der Waals surface area contributed by atoms with Gasteiger partial charge in [0.2, 0.25) is 0 Å². The Morgan fingerprint density at radius 2 is 2.06 bits per heavy atom. The molecule has 0 aromatic carbocycles. The van der Waals surface area contributed by atoms with E-state index in [-0.39, 0.29) is 0 Å². The Kier molecular flexibility index (Phi) is 5.53. The van der Waals surface area contributed by atoms with Crippen LogP contribution >= 0.6 is 22.9 Å². The molecule has 0 spiro atoms. The van der Waals surface area contributed by atoms with Crippen molar-refractivity contribution in [1.29, 1.82) is 0 Å². The van der Waals surface area contributed by atoms with E-state index in [1.54, 1.807) is 11.3 Å². The normalized spacial score (nSPS) is 26.2. The molecule has 1 N–H and O–H groups in total. The van der Waals surface area contributed by atoms with E-state index >= 15 is 0 Å². The molecular weight excluding hydrogens is 262 g/mol. The highest BCUT2D eigenvalue weighted by Gasteiger charge is 2.22. The lowest BCUT2D eigenvalue weighted by Gasteiger charge is -2.31. The number of hydrogen-bond acceptors (Lipinski definition) is 2. The average molecular weight is 286 g/mol. The third-order valence-electron chi connectivity index (χ3n) is 4.05. The van der Waals surface area contributed by atoms with E-state index < -0.39 is 0 Å². The molecule has 1 aliphatic carbocycles. The Hall–Kier alpha value is -0.0500. The summed E-state index contributed by atoms with van der Waals surface area (Å²) in [5, 5.41) is 3.76. The van der Waals surface area contributed by atoms with Crippen LogP contribution < -0.4 is 5.32 Å². The number of nitrogens with one attached hydrogen (secondary N) is 1. The molecular formula is C15H24ClNS. The molecule has 0 saturated heterocycles. The van der Waals surface area contributed by atoms with Crippen LogP contribution in [0.1, 0.15) is 63.3 Å². The van der Waals surface area contributed by atoms with Gasteiger partial charge in [-0.3, -0.25) is 0 Å². The molecule has 102 valence electrons. The Bertz CT molecular complexity index is 355. The van der Waals surface area contributed by atoms with E-state index in [2.05, 4.69) is 25.2 Å². The molecule has 0 radical (unpaired) electrons.